The summed E-state index contributed by atoms with van der Waals surface area (Å²) in [6.07, 6.45) is 0. The van der Waals surface area contributed by atoms with Crippen molar-refractivity contribution in [1.82, 2.24) is 14.0 Å². The van der Waals surface area contributed by atoms with E-state index in [2.05, 4.69) is 5.32 Å². The van der Waals surface area contributed by atoms with Crippen molar-refractivity contribution < 1.29 is 4.79 Å². The second kappa shape index (κ2) is 7.48. The van der Waals surface area contributed by atoms with Gasteiger partial charge in [-0.05, 0) is 38.1 Å². The van der Waals surface area contributed by atoms with Crippen LogP contribution in [0.3, 0.4) is 0 Å². The quantitative estimate of drug-likeness (QED) is 0.869. The fourth-order valence-electron chi connectivity index (χ4n) is 2.58. The molecule has 134 valence electrons. The van der Waals surface area contributed by atoms with Crippen LogP contribution in [0.1, 0.15) is 16.8 Å². The highest BCUT2D eigenvalue weighted by molar-refractivity contribution is 5.93. The third-order valence-electron chi connectivity index (χ3n) is 4.35. The summed E-state index contributed by atoms with van der Waals surface area (Å²) in [5.41, 5.74) is 2.77. The lowest BCUT2D eigenvalue weighted by Gasteiger charge is -2.19. The molecule has 0 fully saturated rings. The van der Waals surface area contributed by atoms with Crippen LogP contribution < -0.4 is 16.6 Å². The molecule has 0 saturated heterocycles. The van der Waals surface area contributed by atoms with Gasteiger partial charge in [-0.2, -0.15) is 0 Å². The second-order valence-electron chi connectivity index (χ2n) is 6.34. The first-order valence-corrected chi connectivity index (χ1v) is 8.01. The van der Waals surface area contributed by atoms with Gasteiger partial charge >= 0.3 is 5.69 Å². The van der Waals surface area contributed by atoms with Crippen LogP contribution in [-0.4, -0.2) is 33.5 Å². The van der Waals surface area contributed by atoms with E-state index in [-0.39, 0.29) is 23.7 Å². The first-order valence-electron chi connectivity index (χ1n) is 8.01. The molecule has 1 aromatic heterocycles. The number of anilines is 1. The van der Waals surface area contributed by atoms with E-state index < -0.39 is 0 Å². The van der Waals surface area contributed by atoms with Gasteiger partial charge in [-0.1, -0.05) is 12.1 Å². The highest BCUT2D eigenvalue weighted by Gasteiger charge is 2.12. The molecule has 0 atom stereocenters. The molecule has 0 bridgehead atoms. The molecule has 0 unspecified atom stereocenters. The summed E-state index contributed by atoms with van der Waals surface area (Å²) in [7, 11) is 4.82. The van der Waals surface area contributed by atoms with Crippen LogP contribution in [0.5, 0.6) is 0 Å². The Labute approximate surface area is 146 Å². The average molecular weight is 344 g/mol. The SMILES string of the molecule is Cc1cccc(NC(=O)CN(C)Cc2cc(=O)n(C)c(=O)n2C)c1C. The molecule has 0 saturated carbocycles. The van der Waals surface area contributed by atoms with Gasteiger partial charge in [-0.25, -0.2) is 4.79 Å². The smallest absolute Gasteiger partial charge is 0.325 e. The van der Waals surface area contributed by atoms with Gasteiger partial charge in [0.05, 0.1) is 6.54 Å². The molecule has 7 heteroatoms. The highest BCUT2D eigenvalue weighted by atomic mass is 16.2. The lowest BCUT2D eigenvalue weighted by Crippen LogP contribution is -2.40. The molecule has 7 nitrogen and oxygen atoms in total. The number of hydrogen-bond acceptors (Lipinski definition) is 4. The summed E-state index contributed by atoms with van der Waals surface area (Å²) in [6, 6.07) is 7.18. The summed E-state index contributed by atoms with van der Waals surface area (Å²) in [5.74, 6) is -0.148. The Morgan fingerprint density at radius 1 is 1.16 bits per heavy atom. The van der Waals surface area contributed by atoms with Crippen molar-refractivity contribution in [2.75, 3.05) is 18.9 Å². The van der Waals surface area contributed by atoms with E-state index in [1.807, 2.05) is 32.0 Å². The number of nitrogens with zero attached hydrogens (tertiary/aromatic N) is 3. The fraction of sp³-hybridized carbons (Fsp3) is 0.389. The molecule has 1 aromatic carbocycles. The molecule has 0 aliphatic rings. The predicted molar refractivity (Wildman–Crippen MR) is 97.8 cm³/mol. The zero-order valence-electron chi connectivity index (χ0n) is 15.3. The summed E-state index contributed by atoms with van der Waals surface area (Å²) < 4.78 is 2.47. The maximum atomic E-state index is 12.3. The molecule has 25 heavy (non-hydrogen) atoms. The van der Waals surface area contributed by atoms with Gasteiger partial charge in [0, 0.05) is 38.1 Å². The normalized spacial score (nSPS) is 11.0. The predicted octanol–water partition coefficient (Wildman–Crippen LogP) is 0.771. The number of carbonyl (C=O) groups is 1. The maximum absolute atomic E-state index is 12.3. The number of nitrogens with one attached hydrogen (secondary N) is 1. The number of amides is 1. The van der Waals surface area contributed by atoms with E-state index in [0.717, 1.165) is 21.4 Å². The van der Waals surface area contributed by atoms with Gasteiger partial charge in [0.2, 0.25) is 5.91 Å². The van der Waals surface area contributed by atoms with Crippen LogP contribution in [-0.2, 0) is 25.4 Å². The highest BCUT2D eigenvalue weighted by Crippen LogP contribution is 2.17. The topological polar surface area (TPSA) is 76.3 Å². The van der Waals surface area contributed by atoms with Gasteiger partial charge in [-0.3, -0.25) is 23.6 Å². The first kappa shape index (κ1) is 18.7. The number of aromatic nitrogens is 2. The van der Waals surface area contributed by atoms with Crippen LogP contribution in [0.25, 0.3) is 0 Å². The lowest BCUT2D eigenvalue weighted by molar-refractivity contribution is -0.117. The van der Waals surface area contributed by atoms with Gasteiger partial charge in [0.1, 0.15) is 0 Å². The fourth-order valence-corrected chi connectivity index (χ4v) is 2.58. The monoisotopic (exact) mass is 344 g/mol. The van der Waals surface area contributed by atoms with E-state index in [4.69, 9.17) is 0 Å². The number of aryl methyl sites for hydroxylation is 1. The van der Waals surface area contributed by atoms with Crippen LogP contribution in [0.2, 0.25) is 0 Å². The van der Waals surface area contributed by atoms with Gasteiger partial charge in [0.15, 0.2) is 0 Å². The van der Waals surface area contributed by atoms with E-state index in [1.54, 1.807) is 19.0 Å². The van der Waals surface area contributed by atoms with Crippen molar-refractivity contribution in [3.63, 3.8) is 0 Å². The van der Waals surface area contributed by atoms with Crippen molar-refractivity contribution in [1.29, 1.82) is 0 Å². The third kappa shape index (κ3) is 4.24. The van der Waals surface area contributed by atoms with E-state index >= 15 is 0 Å². The Bertz CT molecular complexity index is 912. The molecule has 0 spiro atoms. The molecule has 1 amide bonds. The van der Waals surface area contributed by atoms with E-state index in [9.17, 15) is 14.4 Å². The maximum Gasteiger partial charge on any atom is 0.330 e. The summed E-state index contributed by atoms with van der Waals surface area (Å²) in [6.45, 7) is 4.43. The molecule has 2 aromatic rings. The number of benzene rings is 1. The lowest BCUT2D eigenvalue weighted by atomic mass is 10.1. The Morgan fingerprint density at radius 3 is 2.52 bits per heavy atom. The second-order valence-corrected chi connectivity index (χ2v) is 6.34. The Balaban J connectivity index is 2.07. The van der Waals surface area contributed by atoms with Crippen molar-refractivity contribution in [2.24, 2.45) is 14.1 Å². The minimum Gasteiger partial charge on any atom is -0.325 e. The number of carbonyl (C=O) groups excluding carboxylic acids is 1. The van der Waals surface area contributed by atoms with Crippen molar-refractivity contribution in [2.45, 2.75) is 20.4 Å². The average Bonchev–Trinajstić information content (AvgIpc) is 2.54. The van der Waals surface area contributed by atoms with E-state index in [0.29, 0.717) is 12.2 Å². The molecular weight excluding hydrogens is 320 g/mol. The zero-order chi connectivity index (χ0) is 18.7. The summed E-state index contributed by atoms with van der Waals surface area (Å²) in [5, 5.41) is 2.90. The van der Waals surface area contributed by atoms with Gasteiger partial charge < -0.3 is 5.32 Å². The third-order valence-corrected chi connectivity index (χ3v) is 4.35. The van der Waals surface area contributed by atoms with Crippen LogP contribution >= 0.6 is 0 Å². The summed E-state index contributed by atoms with van der Waals surface area (Å²) >= 11 is 0. The molecule has 2 rings (SSSR count). The van der Waals surface area contributed by atoms with Gasteiger partial charge in [0.25, 0.3) is 5.56 Å². The van der Waals surface area contributed by atoms with Crippen LogP contribution in [0, 0.1) is 13.8 Å². The largest absolute Gasteiger partial charge is 0.330 e. The van der Waals surface area contributed by atoms with Crippen LogP contribution in [0.4, 0.5) is 5.69 Å². The Morgan fingerprint density at radius 2 is 1.84 bits per heavy atom. The Kier molecular flexibility index (Phi) is 5.58. The first-order chi connectivity index (χ1) is 11.7. The van der Waals surface area contributed by atoms with E-state index in [1.165, 1.54) is 17.7 Å². The minimum absolute atomic E-state index is 0.148. The van der Waals surface area contributed by atoms with Crippen molar-refractivity contribution in [3.05, 3.63) is 61.9 Å². The number of hydrogen-bond donors (Lipinski definition) is 1. The standard InChI is InChI=1S/C18H24N4O3/c1-12-7-6-8-15(13(12)2)19-16(23)11-20(3)10-14-9-17(24)22(5)18(25)21(14)4/h6-9H,10-11H2,1-5H3,(H,19,23). The van der Waals surface area contributed by atoms with Crippen molar-refractivity contribution in [3.8, 4) is 0 Å². The molecule has 1 N–H and O–H groups in total. The zero-order valence-corrected chi connectivity index (χ0v) is 15.3. The minimum atomic E-state index is -0.379. The Hall–Kier alpha value is -2.67. The molecular formula is C18H24N4O3. The van der Waals surface area contributed by atoms with Crippen LogP contribution in [0.15, 0.2) is 33.9 Å². The van der Waals surface area contributed by atoms with Gasteiger partial charge in [-0.15, -0.1) is 0 Å². The van der Waals surface area contributed by atoms with Crippen molar-refractivity contribution >= 4 is 11.6 Å². The molecule has 0 radical (unpaired) electrons. The molecule has 0 aliphatic heterocycles. The molecule has 1 heterocycles. The number of rotatable bonds is 5. The summed E-state index contributed by atoms with van der Waals surface area (Å²) in [4.78, 5) is 37.8. The number of likely N-dealkylation sites (N-methyl/N-ethyl adjacent to an activating group) is 1. The molecule has 0 aliphatic carbocycles.